The predicted octanol–water partition coefficient (Wildman–Crippen LogP) is 5.06. The molecule has 0 saturated carbocycles. The number of rotatable bonds is 6. The Kier molecular flexibility index (Phi) is 7.04. The first-order valence-corrected chi connectivity index (χ1v) is 10.9. The van der Waals surface area contributed by atoms with Gasteiger partial charge in [-0.15, -0.1) is 0 Å². The van der Waals surface area contributed by atoms with Gasteiger partial charge < -0.3 is 0 Å². The van der Waals surface area contributed by atoms with Crippen molar-refractivity contribution >= 4 is 39.4 Å². The van der Waals surface area contributed by atoms with E-state index in [4.69, 9.17) is 11.6 Å². The minimum atomic E-state index is -4.65. The molecule has 2 N–H and O–H groups in total. The predicted molar refractivity (Wildman–Crippen MR) is 115 cm³/mol. The maximum Gasteiger partial charge on any atom is 0.416 e. The van der Waals surface area contributed by atoms with Gasteiger partial charge in [-0.2, -0.15) is 18.3 Å². The van der Waals surface area contributed by atoms with Crippen molar-refractivity contribution in [3.8, 4) is 0 Å². The van der Waals surface area contributed by atoms with Crippen LogP contribution in [0.2, 0.25) is 5.02 Å². The van der Waals surface area contributed by atoms with Gasteiger partial charge in [0.15, 0.2) is 0 Å². The Hall–Kier alpha value is -3.44. The van der Waals surface area contributed by atoms with E-state index in [1.54, 1.807) is 0 Å². The first kappa shape index (κ1) is 24.2. The first-order valence-electron chi connectivity index (χ1n) is 9.05. The van der Waals surface area contributed by atoms with Gasteiger partial charge in [-0.3, -0.25) is 9.52 Å². The van der Waals surface area contributed by atoms with Crippen LogP contribution < -0.4 is 10.1 Å². The Balaban J connectivity index is 1.77. The Morgan fingerprint density at radius 1 is 1.00 bits per heavy atom. The van der Waals surface area contributed by atoms with Crippen LogP contribution in [0.4, 0.5) is 23.2 Å². The van der Waals surface area contributed by atoms with Gasteiger partial charge in [0.2, 0.25) is 0 Å². The van der Waals surface area contributed by atoms with Crippen LogP contribution in [0.5, 0.6) is 0 Å². The van der Waals surface area contributed by atoms with Crippen molar-refractivity contribution in [3.63, 3.8) is 0 Å². The van der Waals surface area contributed by atoms with Crippen molar-refractivity contribution in [2.24, 2.45) is 5.10 Å². The van der Waals surface area contributed by atoms with Gasteiger partial charge in [-0.05, 0) is 48.5 Å². The molecule has 1 amide bonds. The molecule has 0 atom stereocenters. The number of nitrogens with one attached hydrogen (secondary N) is 2. The van der Waals surface area contributed by atoms with Crippen LogP contribution in [0.1, 0.15) is 21.5 Å². The lowest BCUT2D eigenvalue weighted by atomic mass is 10.2. The van der Waals surface area contributed by atoms with Gasteiger partial charge >= 0.3 is 6.18 Å². The van der Waals surface area contributed by atoms with Gasteiger partial charge in [0, 0.05) is 16.8 Å². The Morgan fingerprint density at radius 2 is 1.70 bits per heavy atom. The number of nitrogens with zero attached hydrogens (tertiary/aromatic N) is 1. The zero-order valence-corrected chi connectivity index (χ0v) is 18.0. The largest absolute Gasteiger partial charge is 0.416 e. The van der Waals surface area contributed by atoms with Gasteiger partial charge in [-0.25, -0.2) is 18.2 Å². The Labute approximate surface area is 190 Å². The molecular formula is C21H14ClF4N3O3S. The summed E-state index contributed by atoms with van der Waals surface area (Å²) < 4.78 is 79.6. The molecule has 0 aliphatic heterocycles. The lowest BCUT2D eigenvalue weighted by molar-refractivity contribution is -0.137. The molecule has 6 nitrogen and oxygen atoms in total. The standard InChI is InChI=1S/C21H14ClF4N3O3S/c22-18-8-3-9-19(23)17(18)12-27-28-20(30)13-4-1-7-16(10-13)33(31,32)29-15-6-2-5-14(11-15)21(24,25)26/h1-12,29H,(H,28,30). The topological polar surface area (TPSA) is 87.6 Å². The van der Waals surface area contributed by atoms with Crippen LogP contribution >= 0.6 is 11.6 Å². The van der Waals surface area contributed by atoms with Crippen LogP contribution in [0.25, 0.3) is 0 Å². The third-order valence-corrected chi connectivity index (χ3v) is 5.92. The third-order valence-electron chi connectivity index (χ3n) is 4.21. The highest BCUT2D eigenvalue weighted by Crippen LogP contribution is 2.31. The average Bonchev–Trinajstić information content (AvgIpc) is 2.75. The van der Waals surface area contributed by atoms with E-state index in [1.165, 1.54) is 24.3 Å². The fourth-order valence-corrected chi connectivity index (χ4v) is 3.94. The van der Waals surface area contributed by atoms with Crippen molar-refractivity contribution in [2.75, 3.05) is 4.72 Å². The summed E-state index contributed by atoms with van der Waals surface area (Å²) in [6.07, 6.45) is -3.65. The molecule has 33 heavy (non-hydrogen) atoms. The molecule has 0 spiro atoms. The molecule has 0 aromatic heterocycles. The van der Waals surface area contributed by atoms with E-state index in [0.717, 1.165) is 42.6 Å². The van der Waals surface area contributed by atoms with E-state index < -0.39 is 33.5 Å². The van der Waals surface area contributed by atoms with E-state index >= 15 is 0 Å². The molecule has 0 saturated heterocycles. The van der Waals surface area contributed by atoms with E-state index in [-0.39, 0.29) is 26.7 Å². The minimum absolute atomic E-state index is 0.0546. The molecular weight excluding hydrogens is 486 g/mol. The maximum absolute atomic E-state index is 13.7. The van der Waals surface area contributed by atoms with E-state index in [9.17, 15) is 30.8 Å². The third kappa shape index (κ3) is 6.08. The number of alkyl halides is 3. The lowest BCUT2D eigenvalue weighted by Gasteiger charge is -2.12. The highest BCUT2D eigenvalue weighted by Gasteiger charge is 2.30. The summed E-state index contributed by atoms with van der Waals surface area (Å²) >= 11 is 5.85. The summed E-state index contributed by atoms with van der Waals surface area (Å²) in [5.74, 6) is -1.47. The SMILES string of the molecule is O=C(NN=Cc1c(F)cccc1Cl)c1cccc(S(=O)(=O)Nc2cccc(C(F)(F)F)c2)c1. The number of carbonyl (C=O) groups is 1. The van der Waals surface area contributed by atoms with Crippen LogP contribution in [0.15, 0.2) is 76.7 Å². The smallest absolute Gasteiger partial charge is 0.280 e. The molecule has 0 radical (unpaired) electrons. The number of hydrogen-bond acceptors (Lipinski definition) is 4. The zero-order valence-electron chi connectivity index (χ0n) is 16.4. The molecule has 0 unspecified atom stereocenters. The number of amides is 1. The summed E-state index contributed by atoms with van der Waals surface area (Å²) in [5, 5.41) is 3.68. The second-order valence-electron chi connectivity index (χ2n) is 6.55. The van der Waals surface area contributed by atoms with Crippen molar-refractivity contribution in [1.29, 1.82) is 0 Å². The summed E-state index contributed by atoms with van der Waals surface area (Å²) in [6.45, 7) is 0. The second-order valence-corrected chi connectivity index (χ2v) is 8.64. The highest BCUT2D eigenvalue weighted by atomic mass is 35.5. The van der Waals surface area contributed by atoms with E-state index in [2.05, 4.69) is 10.5 Å². The average molecular weight is 500 g/mol. The van der Waals surface area contributed by atoms with Crippen LogP contribution in [0.3, 0.4) is 0 Å². The first-order chi connectivity index (χ1) is 15.5. The second kappa shape index (κ2) is 9.59. The summed E-state index contributed by atoms with van der Waals surface area (Å²) in [6, 6.07) is 12.4. The van der Waals surface area contributed by atoms with Gasteiger partial charge in [-0.1, -0.05) is 29.8 Å². The molecule has 0 heterocycles. The monoisotopic (exact) mass is 499 g/mol. The van der Waals surface area contributed by atoms with E-state index in [0.29, 0.717) is 6.07 Å². The molecule has 3 aromatic rings. The maximum atomic E-state index is 13.7. The Bertz CT molecular complexity index is 1310. The number of sulfonamides is 1. The number of carbonyl (C=O) groups excluding carboxylic acids is 1. The number of anilines is 1. The lowest BCUT2D eigenvalue weighted by Crippen LogP contribution is -2.19. The highest BCUT2D eigenvalue weighted by molar-refractivity contribution is 7.92. The quantitative estimate of drug-likeness (QED) is 0.282. The van der Waals surface area contributed by atoms with Gasteiger partial charge in [0.25, 0.3) is 15.9 Å². The summed E-state index contributed by atoms with van der Waals surface area (Å²) in [7, 11) is -4.31. The number of hydrazone groups is 1. The van der Waals surface area contributed by atoms with Crippen molar-refractivity contribution in [3.05, 3.63) is 94.3 Å². The Morgan fingerprint density at radius 3 is 2.39 bits per heavy atom. The van der Waals surface area contributed by atoms with Crippen LogP contribution in [-0.4, -0.2) is 20.5 Å². The number of hydrogen-bond donors (Lipinski definition) is 2. The molecule has 3 aromatic carbocycles. The fourth-order valence-electron chi connectivity index (χ4n) is 2.63. The van der Waals surface area contributed by atoms with Gasteiger partial charge in [0.05, 0.1) is 21.7 Å². The van der Waals surface area contributed by atoms with Gasteiger partial charge in [0.1, 0.15) is 5.82 Å². The normalized spacial score (nSPS) is 12.0. The molecule has 0 aliphatic carbocycles. The molecule has 12 heteroatoms. The summed E-state index contributed by atoms with van der Waals surface area (Å²) in [5.41, 5.74) is 0.628. The molecule has 0 fully saturated rings. The zero-order chi connectivity index (χ0) is 24.2. The molecule has 0 aliphatic rings. The van der Waals surface area contributed by atoms with Crippen molar-refractivity contribution < 1.29 is 30.8 Å². The molecule has 3 rings (SSSR count). The number of halogens is 5. The van der Waals surface area contributed by atoms with Crippen LogP contribution in [0, 0.1) is 5.82 Å². The molecule has 172 valence electrons. The fraction of sp³-hybridized carbons (Fsp3) is 0.0476. The van der Waals surface area contributed by atoms with E-state index in [1.807, 2.05) is 4.72 Å². The van der Waals surface area contributed by atoms with Crippen molar-refractivity contribution in [2.45, 2.75) is 11.1 Å². The summed E-state index contributed by atoms with van der Waals surface area (Å²) in [4.78, 5) is 11.9. The minimum Gasteiger partial charge on any atom is -0.280 e. The van der Waals surface area contributed by atoms with Crippen molar-refractivity contribution in [1.82, 2.24) is 5.43 Å². The van der Waals surface area contributed by atoms with Crippen LogP contribution in [-0.2, 0) is 16.2 Å². The number of benzene rings is 3. The molecule has 0 bridgehead atoms.